The number of hydrogen-bond donors (Lipinski definition) is 1. The van der Waals surface area contributed by atoms with E-state index in [9.17, 15) is 14.0 Å². The third-order valence-corrected chi connectivity index (χ3v) is 4.96. The number of halogens is 1. The van der Waals surface area contributed by atoms with Gasteiger partial charge < -0.3 is 10.1 Å². The fourth-order valence-electron chi connectivity index (χ4n) is 3.51. The number of aromatic nitrogens is 1. The van der Waals surface area contributed by atoms with Crippen LogP contribution in [0.5, 0.6) is 0 Å². The number of pyridine rings is 1. The molecule has 1 aromatic heterocycles. The van der Waals surface area contributed by atoms with Crippen molar-refractivity contribution in [1.82, 2.24) is 10.3 Å². The number of nitrogens with zero attached hydrogens (tertiary/aromatic N) is 1. The third kappa shape index (κ3) is 3.85. The molecular formula is C24H19FN2O3. The summed E-state index contributed by atoms with van der Waals surface area (Å²) in [5, 5.41) is 4.18. The van der Waals surface area contributed by atoms with Crippen LogP contribution in [0.25, 0.3) is 21.8 Å². The standard InChI is InChI=1S/C24H19FN2O3/c1-30-24(29)21(14-15-10-12-16(25)13-11-15)27-23(28)22-17-6-2-4-8-19(17)26-20-9-5-3-7-18(20)22/h2-13,21H,14H2,1H3,(H,27,28)/t21-/m0/s1. The van der Waals surface area contributed by atoms with Crippen LogP contribution >= 0.6 is 0 Å². The number of methoxy groups -OCH3 is 1. The van der Waals surface area contributed by atoms with Crippen molar-refractivity contribution < 1.29 is 18.7 Å². The maximum Gasteiger partial charge on any atom is 0.328 e. The van der Waals surface area contributed by atoms with Crippen molar-refractivity contribution in [1.29, 1.82) is 0 Å². The fraction of sp³-hybridized carbons (Fsp3) is 0.125. The number of rotatable bonds is 5. The predicted octanol–water partition coefficient (Wildman–Crippen LogP) is 4.04. The summed E-state index contributed by atoms with van der Waals surface area (Å²) in [7, 11) is 1.27. The Morgan fingerprint density at radius 1 is 0.933 bits per heavy atom. The van der Waals surface area contributed by atoms with E-state index in [2.05, 4.69) is 10.3 Å². The highest BCUT2D eigenvalue weighted by Crippen LogP contribution is 2.26. The molecule has 0 aliphatic carbocycles. The van der Waals surface area contributed by atoms with Gasteiger partial charge in [0, 0.05) is 17.2 Å². The Labute approximate surface area is 172 Å². The zero-order valence-electron chi connectivity index (χ0n) is 16.3. The normalized spacial score (nSPS) is 11.9. The number of amides is 1. The van der Waals surface area contributed by atoms with Crippen LogP contribution in [0.15, 0.2) is 72.8 Å². The molecule has 150 valence electrons. The molecule has 0 fully saturated rings. The molecule has 0 unspecified atom stereocenters. The highest BCUT2D eigenvalue weighted by molar-refractivity contribution is 6.16. The number of benzene rings is 3. The van der Waals surface area contributed by atoms with E-state index in [1.54, 1.807) is 12.1 Å². The van der Waals surface area contributed by atoms with Crippen LogP contribution in [0, 0.1) is 5.82 Å². The highest BCUT2D eigenvalue weighted by atomic mass is 19.1. The van der Waals surface area contributed by atoms with Gasteiger partial charge in [0.2, 0.25) is 0 Å². The summed E-state index contributed by atoms with van der Waals surface area (Å²) in [6.07, 6.45) is 0.180. The Bertz CT molecular complexity index is 1180. The number of carbonyl (C=O) groups excluding carboxylic acids is 2. The van der Waals surface area contributed by atoms with E-state index in [-0.39, 0.29) is 12.2 Å². The highest BCUT2D eigenvalue weighted by Gasteiger charge is 2.25. The summed E-state index contributed by atoms with van der Waals surface area (Å²) in [4.78, 5) is 30.3. The van der Waals surface area contributed by atoms with Gasteiger partial charge >= 0.3 is 5.97 Å². The maximum atomic E-state index is 13.3. The molecule has 0 saturated carbocycles. The second kappa shape index (κ2) is 8.29. The third-order valence-electron chi connectivity index (χ3n) is 4.96. The molecule has 1 amide bonds. The summed E-state index contributed by atoms with van der Waals surface area (Å²) in [6, 6.07) is 19.6. The van der Waals surface area contributed by atoms with E-state index in [1.165, 1.54) is 19.2 Å². The molecule has 1 heterocycles. The van der Waals surface area contributed by atoms with Crippen LogP contribution in [-0.4, -0.2) is 30.0 Å². The minimum atomic E-state index is -0.918. The lowest BCUT2D eigenvalue weighted by molar-refractivity contribution is -0.142. The number of fused-ring (bicyclic) bond motifs is 2. The van der Waals surface area contributed by atoms with Crippen LogP contribution in [0.4, 0.5) is 4.39 Å². The number of hydrogen-bond acceptors (Lipinski definition) is 4. The monoisotopic (exact) mass is 402 g/mol. The second-order valence-electron chi connectivity index (χ2n) is 6.90. The lowest BCUT2D eigenvalue weighted by Crippen LogP contribution is -2.43. The van der Waals surface area contributed by atoms with E-state index in [4.69, 9.17) is 4.74 Å². The minimum absolute atomic E-state index is 0.180. The van der Waals surface area contributed by atoms with Crippen molar-refractivity contribution in [2.45, 2.75) is 12.5 Å². The van der Waals surface area contributed by atoms with Gasteiger partial charge in [0.15, 0.2) is 0 Å². The summed E-state index contributed by atoms with van der Waals surface area (Å²) in [6.45, 7) is 0. The van der Waals surface area contributed by atoms with Gasteiger partial charge in [-0.05, 0) is 29.8 Å². The smallest absolute Gasteiger partial charge is 0.328 e. The Morgan fingerprint density at radius 2 is 1.50 bits per heavy atom. The topological polar surface area (TPSA) is 68.3 Å². The zero-order valence-corrected chi connectivity index (χ0v) is 16.3. The summed E-state index contributed by atoms with van der Waals surface area (Å²) < 4.78 is 18.1. The van der Waals surface area contributed by atoms with Crippen LogP contribution in [0.3, 0.4) is 0 Å². The molecule has 0 saturated heterocycles. The number of ether oxygens (including phenoxy) is 1. The van der Waals surface area contributed by atoms with E-state index in [0.29, 0.717) is 32.9 Å². The Balaban J connectivity index is 1.74. The fourth-order valence-corrected chi connectivity index (χ4v) is 3.51. The second-order valence-corrected chi connectivity index (χ2v) is 6.90. The van der Waals surface area contributed by atoms with E-state index in [1.807, 2.05) is 48.5 Å². The van der Waals surface area contributed by atoms with Crippen molar-refractivity contribution in [3.05, 3.63) is 89.7 Å². The average molecular weight is 402 g/mol. The Kier molecular flexibility index (Phi) is 5.39. The summed E-state index contributed by atoms with van der Waals surface area (Å²) in [5.41, 5.74) is 2.53. The first-order valence-corrected chi connectivity index (χ1v) is 9.47. The number of para-hydroxylation sites is 2. The molecule has 0 radical (unpaired) electrons. The van der Waals surface area contributed by atoms with Gasteiger partial charge in [-0.2, -0.15) is 0 Å². The average Bonchev–Trinajstić information content (AvgIpc) is 2.77. The Hall–Kier alpha value is -3.80. The molecule has 0 bridgehead atoms. The number of carbonyl (C=O) groups is 2. The van der Waals surface area contributed by atoms with Gasteiger partial charge in [-0.3, -0.25) is 4.79 Å². The van der Waals surface area contributed by atoms with Crippen molar-refractivity contribution in [3.8, 4) is 0 Å². The van der Waals surface area contributed by atoms with Crippen molar-refractivity contribution in [2.24, 2.45) is 0 Å². The van der Waals surface area contributed by atoms with Crippen molar-refractivity contribution in [3.63, 3.8) is 0 Å². The van der Waals surface area contributed by atoms with Gasteiger partial charge in [0.25, 0.3) is 5.91 Å². The van der Waals surface area contributed by atoms with Gasteiger partial charge in [0.05, 0.1) is 23.7 Å². The molecule has 4 aromatic rings. The van der Waals surface area contributed by atoms with Gasteiger partial charge in [-0.25, -0.2) is 14.2 Å². The van der Waals surface area contributed by atoms with E-state index in [0.717, 1.165) is 0 Å². The molecule has 30 heavy (non-hydrogen) atoms. The zero-order chi connectivity index (χ0) is 21.1. The molecule has 5 nitrogen and oxygen atoms in total. The molecule has 0 aliphatic heterocycles. The minimum Gasteiger partial charge on any atom is -0.467 e. The molecule has 0 spiro atoms. The van der Waals surface area contributed by atoms with Gasteiger partial charge in [-0.1, -0.05) is 48.5 Å². The summed E-state index contributed by atoms with van der Waals surface area (Å²) >= 11 is 0. The van der Waals surface area contributed by atoms with Crippen molar-refractivity contribution in [2.75, 3.05) is 7.11 Å². The van der Waals surface area contributed by atoms with Crippen LogP contribution in [0.2, 0.25) is 0 Å². The molecule has 3 aromatic carbocycles. The first-order chi connectivity index (χ1) is 14.6. The van der Waals surface area contributed by atoms with Gasteiger partial charge in [0.1, 0.15) is 11.9 Å². The molecular weight excluding hydrogens is 383 g/mol. The van der Waals surface area contributed by atoms with Crippen LogP contribution in [-0.2, 0) is 16.0 Å². The Morgan fingerprint density at radius 3 is 2.07 bits per heavy atom. The molecule has 1 N–H and O–H groups in total. The first kappa shape index (κ1) is 19.5. The summed E-state index contributed by atoms with van der Waals surface area (Å²) in [5.74, 6) is -1.34. The lowest BCUT2D eigenvalue weighted by Gasteiger charge is -2.18. The SMILES string of the molecule is COC(=O)[C@H](Cc1ccc(F)cc1)NC(=O)c1c2ccccc2nc2ccccc12. The maximum absolute atomic E-state index is 13.3. The van der Waals surface area contributed by atoms with Crippen molar-refractivity contribution >= 4 is 33.7 Å². The number of nitrogens with one attached hydrogen (secondary N) is 1. The quantitative estimate of drug-likeness (QED) is 0.404. The van der Waals surface area contributed by atoms with E-state index < -0.39 is 17.9 Å². The first-order valence-electron chi connectivity index (χ1n) is 9.47. The predicted molar refractivity (Wildman–Crippen MR) is 113 cm³/mol. The lowest BCUT2D eigenvalue weighted by atomic mass is 10.0. The largest absolute Gasteiger partial charge is 0.467 e. The molecule has 4 rings (SSSR count). The molecule has 1 atom stereocenters. The molecule has 0 aliphatic rings. The van der Waals surface area contributed by atoms with Crippen LogP contribution < -0.4 is 5.32 Å². The molecule has 6 heteroatoms. The van der Waals surface area contributed by atoms with Crippen LogP contribution in [0.1, 0.15) is 15.9 Å². The van der Waals surface area contributed by atoms with Gasteiger partial charge in [-0.15, -0.1) is 0 Å². The number of esters is 1. The van der Waals surface area contributed by atoms with E-state index >= 15 is 0 Å².